The van der Waals surface area contributed by atoms with Crippen LogP contribution in [0.15, 0.2) is 29.3 Å². The smallest absolute Gasteiger partial charge is 0.410 e. The van der Waals surface area contributed by atoms with Crippen LogP contribution < -0.4 is 11.1 Å². The molecular weight excluding hydrogens is 346 g/mol. The van der Waals surface area contributed by atoms with Crippen molar-refractivity contribution in [2.24, 2.45) is 10.7 Å². The fourth-order valence-corrected chi connectivity index (χ4v) is 2.67. The zero-order valence-electron chi connectivity index (χ0n) is 16.5. The van der Waals surface area contributed by atoms with Crippen LogP contribution in [0.2, 0.25) is 0 Å². The maximum atomic E-state index is 12.1. The molecule has 2 rings (SSSR count). The van der Waals surface area contributed by atoms with Crippen molar-refractivity contribution >= 4 is 18.0 Å². The average molecular weight is 375 g/mol. The number of hydrogen-bond acceptors (Lipinski definition) is 4. The molecule has 1 aliphatic heterocycles. The van der Waals surface area contributed by atoms with Gasteiger partial charge in [-0.1, -0.05) is 12.1 Å². The summed E-state index contributed by atoms with van der Waals surface area (Å²) in [5.41, 5.74) is 7.10. The molecule has 0 radical (unpaired) electrons. The molecule has 27 heavy (non-hydrogen) atoms. The molecule has 3 N–H and O–H groups in total. The normalized spacial score (nSPS) is 15.5. The van der Waals surface area contributed by atoms with Crippen LogP contribution in [0.3, 0.4) is 0 Å². The highest BCUT2D eigenvalue weighted by Crippen LogP contribution is 2.12. The summed E-state index contributed by atoms with van der Waals surface area (Å²) >= 11 is 0. The molecule has 148 valence electrons. The minimum atomic E-state index is -0.502. The number of nitrogens with zero attached hydrogens (tertiary/aromatic N) is 3. The van der Waals surface area contributed by atoms with E-state index >= 15 is 0 Å². The summed E-state index contributed by atoms with van der Waals surface area (Å²) in [6.07, 6.45) is -0.302. The van der Waals surface area contributed by atoms with Crippen LogP contribution in [0.4, 0.5) is 4.79 Å². The van der Waals surface area contributed by atoms with Crippen molar-refractivity contribution in [3.8, 4) is 0 Å². The SMILES string of the molecule is CNC(=O)c1cccc(CN=C(N)N2CCN(C(=O)OC(C)(C)C)CC2)c1. The summed E-state index contributed by atoms with van der Waals surface area (Å²) in [6.45, 7) is 8.23. The molecule has 1 heterocycles. The maximum Gasteiger partial charge on any atom is 0.410 e. The topological polar surface area (TPSA) is 100 Å². The second-order valence-electron chi connectivity index (χ2n) is 7.41. The van der Waals surface area contributed by atoms with E-state index in [0.717, 1.165) is 5.56 Å². The maximum absolute atomic E-state index is 12.1. The van der Waals surface area contributed by atoms with Crippen LogP contribution in [0, 0.1) is 0 Å². The number of guanidine groups is 1. The fourth-order valence-electron chi connectivity index (χ4n) is 2.67. The number of amides is 2. The van der Waals surface area contributed by atoms with E-state index in [-0.39, 0.29) is 12.0 Å². The number of piperazine rings is 1. The Morgan fingerprint density at radius 3 is 2.41 bits per heavy atom. The minimum Gasteiger partial charge on any atom is -0.444 e. The van der Waals surface area contributed by atoms with Gasteiger partial charge in [-0.2, -0.15) is 0 Å². The van der Waals surface area contributed by atoms with E-state index in [0.29, 0.717) is 44.2 Å². The van der Waals surface area contributed by atoms with Gasteiger partial charge in [-0.3, -0.25) is 4.79 Å². The predicted octanol–water partition coefficient (Wildman–Crippen LogP) is 1.41. The first-order chi connectivity index (χ1) is 12.7. The first-order valence-corrected chi connectivity index (χ1v) is 9.03. The third kappa shape index (κ3) is 6.16. The van der Waals surface area contributed by atoms with Crippen molar-refractivity contribution in [3.63, 3.8) is 0 Å². The number of aliphatic imine (C=N–C) groups is 1. The molecular formula is C19H29N5O3. The average Bonchev–Trinajstić information content (AvgIpc) is 2.64. The van der Waals surface area contributed by atoms with E-state index in [1.165, 1.54) is 0 Å². The van der Waals surface area contributed by atoms with Crippen molar-refractivity contribution < 1.29 is 14.3 Å². The molecule has 1 aliphatic rings. The van der Waals surface area contributed by atoms with Crippen molar-refractivity contribution in [3.05, 3.63) is 35.4 Å². The second-order valence-corrected chi connectivity index (χ2v) is 7.41. The third-order valence-electron chi connectivity index (χ3n) is 4.10. The number of nitrogens with one attached hydrogen (secondary N) is 1. The van der Waals surface area contributed by atoms with Crippen LogP contribution in [0.5, 0.6) is 0 Å². The van der Waals surface area contributed by atoms with E-state index in [1.807, 2.05) is 37.8 Å². The van der Waals surface area contributed by atoms with E-state index in [9.17, 15) is 9.59 Å². The van der Waals surface area contributed by atoms with Crippen LogP contribution in [-0.2, 0) is 11.3 Å². The highest BCUT2D eigenvalue weighted by atomic mass is 16.6. The lowest BCUT2D eigenvalue weighted by Gasteiger charge is -2.36. The Labute approximate surface area is 160 Å². The van der Waals surface area contributed by atoms with E-state index in [2.05, 4.69) is 10.3 Å². The van der Waals surface area contributed by atoms with Crippen LogP contribution in [0.1, 0.15) is 36.7 Å². The molecule has 1 fully saturated rings. The fraction of sp³-hybridized carbons (Fsp3) is 0.526. The molecule has 0 atom stereocenters. The highest BCUT2D eigenvalue weighted by molar-refractivity contribution is 5.94. The number of carbonyl (C=O) groups is 2. The van der Waals surface area contributed by atoms with Gasteiger partial charge in [0.25, 0.3) is 5.91 Å². The van der Waals surface area contributed by atoms with Gasteiger partial charge in [-0.25, -0.2) is 9.79 Å². The molecule has 2 amide bonds. The number of benzene rings is 1. The lowest BCUT2D eigenvalue weighted by atomic mass is 10.1. The van der Waals surface area contributed by atoms with Crippen molar-refractivity contribution in [1.82, 2.24) is 15.1 Å². The summed E-state index contributed by atoms with van der Waals surface area (Å²) in [7, 11) is 1.60. The van der Waals surface area contributed by atoms with Crippen LogP contribution in [-0.4, -0.2) is 66.6 Å². The lowest BCUT2D eigenvalue weighted by molar-refractivity contribution is 0.0186. The molecule has 1 saturated heterocycles. The first kappa shape index (κ1) is 20.5. The lowest BCUT2D eigenvalue weighted by Crippen LogP contribution is -2.53. The quantitative estimate of drug-likeness (QED) is 0.615. The Bertz CT molecular complexity index is 704. The van der Waals surface area contributed by atoms with E-state index in [4.69, 9.17) is 10.5 Å². The molecule has 0 bridgehead atoms. The molecule has 0 aliphatic carbocycles. The van der Waals surface area contributed by atoms with Gasteiger partial charge in [-0.15, -0.1) is 0 Å². The van der Waals surface area contributed by atoms with Crippen molar-refractivity contribution in [1.29, 1.82) is 0 Å². The van der Waals surface area contributed by atoms with Gasteiger partial charge in [-0.05, 0) is 38.5 Å². The van der Waals surface area contributed by atoms with E-state index in [1.54, 1.807) is 24.1 Å². The van der Waals surface area contributed by atoms with Crippen molar-refractivity contribution in [2.45, 2.75) is 32.9 Å². The van der Waals surface area contributed by atoms with Crippen LogP contribution in [0.25, 0.3) is 0 Å². The predicted molar refractivity (Wildman–Crippen MR) is 105 cm³/mol. The molecule has 1 aromatic rings. The summed E-state index contributed by atoms with van der Waals surface area (Å²) in [4.78, 5) is 31.9. The number of rotatable bonds is 3. The van der Waals surface area contributed by atoms with Crippen molar-refractivity contribution in [2.75, 3.05) is 33.2 Å². The zero-order valence-corrected chi connectivity index (χ0v) is 16.5. The first-order valence-electron chi connectivity index (χ1n) is 9.03. The summed E-state index contributed by atoms with van der Waals surface area (Å²) in [5, 5.41) is 2.60. The molecule has 0 spiro atoms. The molecule has 0 unspecified atom stereocenters. The molecule has 0 saturated carbocycles. The molecule has 8 nitrogen and oxygen atoms in total. The Balaban J connectivity index is 1.89. The minimum absolute atomic E-state index is 0.132. The zero-order chi connectivity index (χ0) is 20.0. The monoisotopic (exact) mass is 375 g/mol. The summed E-state index contributed by atoms with van der Waals surface area (Å²) < 4.78 is 5.39. The Hall–Kier alpha value is -2.77. The second kappa shape index (κ2) is 8.75. The Morgan fingerprint density at radius 1 is 1.19 bits per heavy atom. The van der Waals surface area contributed by atoms with Gasteiger partial charge in [0.15, 0.2) is 5.96 Å². The molecule has 1 aromatic carbocycles. The number of hydrogen-bond donors (Lipinski definition) is 2. The standard InChI is InChI=1S/C19H29N5O3/c1-19(2,3)27-18(26)24-10-8-23(9-11-24)17(20)22-13-14-6-5-7-15(12-14)16(25)21-4/h5-7,12H,8-11,13H2,1-4H3,(H2,20,22)(H,21,25). The van der Waals surface area contributed by atoms with Gasteiger partial charge in [0.2, 0.25) is 0 Å². The number of ether oxygens (including phenoxy) is 1. The van der Waals surface area contributed by atoms with Gasteiger partial charge in [0.1, 0.15) is 5.60 Å². The van der Waals surface area contributed by atoms with Gasteiger partial charge in [0.05, 0.1) is 6.54 Å². The summed E-state index contributed by atoms with van der Waals surface area (Å²) in [5.74, 6) is 0.302. The van der Waals surface area contributed by atoms with Gasteiger partial charge >= 0.3 is 6.09 Å². The number of nitrogens with two attached hydrogens (primary N) is 1. The van der Waals surface area contributed by atoms with Gasteiger partial charge in [0, 0.05) is 38.8 Å². The largest absolute Gasteiger partial charge is 0.444 e. The number of carbonyl (C=O) groups excluding carboxylic acids is 2. The molecule has 0 aromatic heterocycles. The van der Waals surface area contributed by atoms with Crippen LogP contribution >= 0.6 is 0 Å². The Kier molecular flexibility index (Phi) is 6.65. The highest BCUT2D eigenvalue weighted by Gasteiger charge is 2.26. The van der Waals surface area contributed by atoms with E-state index < -0.39 is 5.60 Å². The third-order valence-corrected chi connectivity index (χ3v) is 4.10. The van der Waals surface area contributed by atoms with Gasteiger partial charge < -0.3 is 25.6 Å². The Morgan fingerprint density at radius 2 is 1.81 bits per heavy atom. The summed E-state index contributed by atoms with van der Waals surface area (Å²) in [6, 6.07) is 7.29. The molecule has 8 heteroatoms.